The minimum Gasteiger partial charge on any atom is -0.497 e. The van der Waals surface area contributed by atoms with Crippen LogP contribution in [0.25, 0.3) is 0 Å². The molecule has 26 heavy (non-hydrogen) atoms. The van der Waals surface area contributed by atoms with Crippen LogP contribution in [0.15, 0.2) is 28.6 Å². The second-order valence-electron chi connectivity index (χ2n) is 5.52. The first-order valence-corrected chi connectivity index (χ1v) is 9.05. The first-order chi connectivity index (χ1) is 12.1. The van der Waals surface area contributed by atoms with E-state index in [1.165, 1.54) is 0 Å². The molecule has 1 aromatic carbocycles. The summed E-state index contributed by atoms with van der Waals surface area (Å²) in [6, 6.07) is 5.83. The number of aryl methyl sites for hydroxylation is 1. The number of aromatic nitrogens is 1. The molecule has 0 aliphatic carbocycles. The standard InChI is InChI=1S/C18H26N4O2S.HI/c1-6-17-21-14(12-25-17)10-20-18(19-2)22(3)11-13-7-8-15(23-4)9-16(13)24-5;/h7-9,12H,6,10-11H2,1-5H3,(H,19,20);1H. The Morgan fingerprint density at radius 2 is 2.08 bits per heavy atom. The maximum absolute atomic E-state index is 5.47. The van der Waals surface area contributed by atoms with E-state index in [0.29, 0.717) is 13.1 Å². The second kappa shape index (κ2) is 11.2. The highest BCUT2D eigenvalue weighted by atomic mass is 127. The number of benzene rings is 1. The molecule has 0 aliphatic rings. The number of aliphatic imine (C=N–C) groups is 1. The molecule has 1 aromatic heterocycles. The summed E-state index contributed by atoms with van der Waals surface area (Å²) in [5, 5.41) is 6.60. The average Bonchev–Trinajstić information content (AvgIpc) is 3.10. The van der Waals surface area contributed by atoms with E-state index < -0.39 is 0 Å². The third-order valence-corrected chi connectivity index (χ3v) is 4.85. The van der Waals surface area contributed by atoms with Crippen molar-refractivity contribution in [2.24, 2.45) is 4.99 Å². The van der Waals surface area contributed by atoms with Gasteiger partial charge in [-0.2, -0.15) is 0 Å². The van der Waals surface area contributed by atoms with Gasteiger partial charge in [-0.15, -0.1) is 35.3 Å². The summed E-state index contributed by atoms with van der Waals surface area (Å²) in [7, 11) is 7.09. The summed E-state index contributed by atoms with van der Waals surface area (Å²) in [6.07, 6.45) is 0.969. The van der Waals surface area contributed by atoms with Crippen molar-refractivity contribution < 1.29 is 9.47 Å². The summed E-state index contributed by atoms with van der Waals surface area (Å²) in [6.45, 7) is 3.45. The Morgan fingerprint density at radius 1 is 1.31 bits per heavy atom. The quantitative estimate of drug-likeness (QED) is 0.366. The molecule has 1 heterocycles. The average molecular weight is 490 g/mol. The van der Waals surface area contributed by atoms with E-state index in [0.717, 1.165) is 40.1 Å². The van der Waals surface area contributed by atoms with Gasteiger partial charge in [-0.1, -0.05) is 6.92 Å². The van der Waals surface area contributed by atoms with E-state index in [9.17, 15) is 0 Å². The maximum atomic E-state index is 5.47. The largest absolute Gasteiger partial charge is 0.497 e. The predicted molar refractivity (Wildman–Crippen MR) is 118 cm³/mol. The maximum Gasteiger partial charge on any atom is 0.194 e. The molecule has 0 aliphatic heterocycles. The van der Waals surface area contributed by atoms with Gasteiger partial charge in [0.15, 0.2) is 5.96 Å². The lowest BCUT2D eigenvalue weighted by Gasteiger charge is -2.23. The van der Waals surface area contributed by atoms with Crippen LogP contribution in [0.5, 0.6) is 11.5 Å². The van der Waals surface area contributed by atoms with Gasteiger partial charge in [0.2, 0.25) is 0 Å². The number of methoxy groups -OCH3 is 2. The Hall–Kier alpha value is -1.55. The zero-order chi connectivity index (χ0) is 18.2. The normalized spacial score (nSPS) is 10.9. The summed E-state index contributed by atoms with van der Waals surface area (Å²) in [4.78, 5) is 11.0. The molecule has 0 atom stereocenters. The number of hydrogen-bond donors (Lipinski definition) is 1. The van der Waals surface area contributed by atoms with Gasteiger partial charge in [-0.25, -0.2) is 4.98 Å². The van der Waals surface area contributed by atoms with Crippen LogP contribution < -0.4 is 14.8 Å². The number of guanidine groups is 1. The molecule has 2 aromatic rings. The van der Waals surface area contributed by atoms with Crippen LogP contribution in [0.3, 0.4) is 0 Å². The van der Waals surface area contributed by atoms with Gasteiger partial charge in [-0.3, -0.25) is 4.99 Å². The molecule has 0 radical (unpaired) electrons. The molecular weight excluding hydrogens is 463 g/mol. The van der Waals surface area contributed by atoms with E-state index in [1.54, 1.807) is 32.6 Å². The Balaban J connectivity index is 0.00000338. The van der Waals surface area contributed by atoms with Crippen molar-refractivity contribution in [1.29, 1.82) is 0 Å². The molecule has 0 spiro atoms. The smallest absolute Gasteiger partial charge is 0.194 e. The molecule has 144 valence electrons. The van der Waals surface area contributed by atoms with Gasteiger partial charge >= 0.3 is 0 Å². The molecule has 6 nitrogen and oxygen atoms in total. The van der Waals surface area contributed by atoms with Gasteiger partial charge < -0.3 is 19.7 Å². The zero-order valence-electron chi connectivity index (χ0n) is 15.9. The monoisotopic (exact) mass is 490 g/mol. The van der Waals surface area contributed by atoms with E-state index >= 15 is 0 Å². The molecule has 0 amide bonds. The predicted octanol–water partition coefficient (Wildman–Crippen LogP) is 3.55. The number of nitrogens with zero attached hydrogens (tertiary/aromatic N) is 3. The molecule has 8 heteroatoms. The van der Waals surface area contributed by atoms with Crippen LogP contribution in [0, 0.1) is 0 Å². The fourth-order valence-corrected chi connectivity index (χ4v) is 3.20. The Bertz CT molecular complexity index is 721. The summed E-state index contributed by atoms with van der Waals surface area (Å²) < 4.78 is 10.7. The zero-order valence-corrected chi connectivity index (χ0v) is 19.1. The van der Waals surface area contributed by atoms with E-state index in [-0.39, 0.29) is 24.0 Å². The fraction of sp³-hybridized carbons (Fsp3) is 0.444. The Labute approximate surface area is 176 Å². The number of rotatable bonds is 7. The second-order valence-corrected chi connectivity index (χ2v) is 6.46. The van der Waals surface area contributed by atoms with E-state index in [2.05, 4.69) is 32.5 Å². The van der Waals surface area contributed by atoms with Crippen LogP contribution in [0.1, 0.15) is 23.2 Å². The number of hydrogen-bond acceptors (Lipinski definition) is 5. The van der Waals surface area contributed by atoms with Gasteiger partial charge in [0.25, 0.3) is 0 Å². The van der Waals surface area contributed by atoms with Gasteiger partial charge in [0, 0.05) is 37.6 Å². The van der Waals surface area contributed by atoms with Crippen LogP contribution in [0.2, 0.25) is 0 Å². The molecule has 0 fully saturated rings. The number of halogens is 1. The van der Waals surface area contributed by atoms with Crippen LogP contribution >= 0.6 is 35.3 Å². The molecule has 1 N–H and O–H groups in total. The molecular formula is C18H27IN4O2S. The van der Waals surface area contributed by atoms with Gasteiger partial charge in [0.05, 0.1) is 31.5 Å². The molecule has 0 saturated carbocycles. The Morgan fingerprint density at radius 3 is 2.65 bits per heavy atom. The molecule has 0 bridgehead atoms. The van der Waals surface area contributed by atoms with Crippen molar-refractivity contribution >= 4 is 41.3 Å². The van der Waals surface area contributed by atoms with Gasteiger partial charge in [-0.05, 0) is 18.6 Å². The van der Waals surface area contributed by atoms with Crippen LogP contribution in [-0.4, -0.2) is 44.2 Å². The SMILES string of the molecule is CCc1nc(CNC(=NC)N(C)Cc2ccc(OC)cc2OC)cs1.I. The van der Waals surface area contributed by atoms with Crippen LogP contribution in [0.4, 0.5) is 0 Å². The summed E-state index contributed by atoms with van der Waals surface area (Å²) in [5.74, 6) is 2.39. The van der Waals surface area contributed by atoms with Crippen molar-refractivity contribution in [3.05, 3.63) is 39.8 Å². The minimum absolute atomic E-state index is 0. The number of ether oxygens (including phenoxy) is 2. The van der Waals surface area contributed by atoms with Gasteiger partial charge in [0.1, 0.15) is 11.5 Å². The number of thiazole rings is 1. The van der Waals surface area contributed by atoms with Crippen molar-refractivity contribution in [2.45, 2.75) is 26.4 Å². The summed E-state index contributed by atoms with van der Waals surface area (Å²) >= 11 is 1.70. The van der Waals surface area contributed by atoms with Crippen molar-refractivity contribution in [3.63, 3.8) is 0 Å². The highest BCUT2D eigenvalue weighted by Crippen LogP contribution is 2.25. The highest BCUT2D eigenvalue weighted by molar-refractivity contribution is 14.0. The van der Waals surface area contributed by atoms with Crippen LogP contribution in [-0.2, 0) is 19.5 Å². The van der Waals surface area contributed by atoms with E-state index in [4.69, 9.17) is 9.47 Å². The highest BCUT2D eigenvalue weighted by Gasteiger charge is 2.12. The summed E-state index contributed by atoms with van der Waals surface area (Å²) in [5.41, 5.74) is 2.11. The van der Waals surface area contributed by atoms with Crippen molar-refractivity contribution in [2.75, 3.05) is 28.3 Å². The lowest BCUT2D eigenvalue weighted by atomic mass is 10.2. The van der Waals surface area contributed by atoms with Crippen molar-refractivity contribution in [1.82, 2.24) is 15.2 Å². The minimum atomic E-state index is 0. The number of nitrogens with one attached hydrogen (secondary N) is 1. The van der Waals surface area contributed by atoms with Crippen molar-refractivity contribution in [3.8, 4) is 11.5 Å². The van der Waals surface area contributed by atoms with E-state index in [1.807, 2.05) is 25.2 Å². The lowest BCUT2D eigenvalue weighted by Crippen LogP contribution is -2.38. The molecule has 0 unspecified atom stereocenters. The third-order valence-electron chi connectivity index (χ3n) is 3.80. The lowest BCUT2D eigenvalue weighted by molar-refractivity contribution is 0.382. The molecule has 0 saturated heterocycles. The Kier molecular flexibility index (Phi) is 9.71. The third kappa shape index (κ3) is 6.01. The fourth-order valence-electron chi connectivity index (χ4n) is 2.46. The molecule has 2 rings (SSSR count). The topological polar surface area (TPSA) is 59.0 Å². The first kappa shape index (κ1) is 22.5. The first-order valence-electron chi connectivity index (χ1n) is 8.17.